The molecule has 0 radical (unpaired) electrons. The molecule has 3 rings (SSSR count). The summed E-state index contributed by atoms with van der Waals surface area (Å²) in [7, 11) is 0. The number of nitrogens with two attached hydrogens (primary N) is 1. The predicted octanol–water partition coefficient (Wildman–Crippen LogP) is 1.42. The van der Waals surface area contributed by atoms with E-state index in [1.165, 1.54) is 0 Å². The van der Waals surface area contributed by atoms with E-state index < -0.39 is 6.03 Å². The zero-order valence-corrected chi connectivity index (χ0v) is 9.32. The van der Waals surface area contributed by atoms with Gasteiger partial charge in [0.1, 0.15) is 0 Å². The minimum absolute atomic E-state index is 0.454. The monoisotopic (exact) mass is 239 g/mol. The van der Waals surface area contributed by atoms with Gasteiger partial charge in [-0.2, -0.15) is 9.78 Å². The van der Waals surface area contributed by atoms with E-state index in [1.807, 2.05) is 18.2 Å². The molecule has 88 valence electrons. The number of aromatic nitrogens is 4. The van der Waals surface area contributed by atoms with Crippen LogP contribution >= 0.6 is 0 Å². The van der Waals surface area contributed by atoms with Gasteiger partial charge in [0.05, 0.1) is 6.20 Å². The van der Waals surface area contributed by atoms with Gasteiger partial charge in [0.15, 0.2) is 5.65 Å². The molecule has 0 saturated heterocycles. The molecule has 0 bridgehead atoms. The van der Waals surface area contributed by atoms with Gasteiger partial charge < -0.3 is 5.73 Å². The molecule has 0 aliphatic carbocycles. The quantitative estimate of drug-likeness (QED) is 0.695. The van der Waals surface area contributed by atoms with E-state index in [4.69, 9.17) is 5.73 Å². The second-order valence-corrected chi connectivity index (χ2v) is 3.77. The molecule has 3 aromatic heterocycles. The molecule has 6 heteroatoms. The standard InChI is InChI=1S/C12H9N5O/c13-12(18)17-11-10(7-16-17)4-9(6-15-11)8-2-1-3-14-5-8/h1-7H,(H2,13,18). The third kappa shape index (κ3) is 1.60. The lowest BCUT2D eigenvalue weighted by molar-refractivity contribution is 0.248. The second kappa shape index (κ2) is 3.92. The van der Waals surface area contributed by atoms with E-state index >= 15 is 0 Å². The van der Waals surface area contributed by atoms with Crippen LogP contribution in [-0.4, -0.2) is 25.8 Å². The van der Waals surface area contributed by atoms with Gasteiger partial charge in [-0.25, -0.2) is 9.78 Å². The Hall–Kier alpha value is -2.76. The lowest BCUT2D eigenvalue weighted by atomic mass is 10.1. The van der Waals surface area contributed by atoms with Crippen molar-refractivity contribution >= 4 is 17.1 Å². The first-order valence-electron chi connectivity index (χ1n) is 5.30. The van der Waals surface area contributed by atoms with E-state index in [1.54, 1.807) is 24.8 Å². The molecule has 0 spiro atoms. The van der Waals surface area contributed by atoms with Crippen molar-refractivity contribution < 1.29 is 4.79 Å². The molecule has 0 aliphatic rings. The van der Waals surface area contributed by atoms with Crippen molar-refractivity contribution in [3.8, 4) is 11.1 Å². The Morgan fingerprint density at radius 2 is 2.11 bits per heavy atom. The van der Waals surface area contributed by atoms with E-state index in [0.29, 0.717) is 5.65 Å². The summed E-state index contributed by atoms with van der Waals surface area (Å²) in [6.07, 6.45) is 6.69. The van der Waals surface area contributed by atoms with Crippen LogP contribution in [0.15, 0.2) is 43.0 Å². The minimum Gasteiger partial charge on any atom is -0.350 e. The van der Waals surface area contributed by atoms with E-state index in [-0.39, 0.29) is 0 Å². The maximum atomic E-state index is 11.1. The van der Waals surface area contributed by atoms with E-state index in [0.717, 1.165) is 21.2 Å². The van der Waals surface area contributed by atoms with Gasteiger partial charge >= 0.3 is 6.03 Å². The summed E-state index contributed by atoms with van der Waals surface area (Å²) < 4.78 is 1.07. The average molecular weight is 239 g/mol. The number of fused-ring (bicyclic) bond motifs is 1. The van der Waals surface area contributed by atoms with Crippen molar-refractivity contribution in [2.45, 2.75) is 0 Å². The van der Waals surface area contributed by atoms with Crippen LogP contribution in [0.1, 0.15) is 0 Å². The topological polar surface area (TPSA) is 86.7 Å². The Kier molecular flexibility index (Phi) is 2.26. The zero-order valence-electron chi connectivity index (χ0n) is 9.32. The van der Waals surface area contributed by atoms with Gasteiger partial charge in [0.25, 0.3) is 0 Å². The summed E-state index contributed by atoms with van der Waals surface area (Å²) in [6, 6.07) is 5.04. The highest BCUT2D eigenvalue weighted by molar-refractivity contribution is 5.88. The molecule has 0 saturated carbocycles. The first-order chi connectivity index (χ1) is 8.75. The fraction of sp³-hybridized carbons (Fsp3) is 0. The maximum absolute atomic E-state index is 11.1. The van der Waals surface area contributed by atoms with E-state index in [9.17, 15) is 4.79 Å². The number of carbonyl (C=O) groups excluding carboxylic acids is 1. The van der Waals surface area contributed by atoms with Crippen molar-refractivity contribution in [1.29, 1.82) is 0 Å². The highest BCUT2D eigenvalue weighted by atomic mass is 16.2. The van der Waals surface area contributed by atoms with Crippen molar-refractivity contribution in [1.82, 2.24) is 19.7 Å². The zero-order chi connectivity index (χ0) is 12.5. The number of amides is 1. The molecule has 3 heterocycles. The fourth-order valence-electron chi connectivity index (χ4n) is 1.77. The van der Waals surface area contributed by atoms with Crippen LogP contribution < -0.4 is 5.73 Å². The molecular weight excluding hydrogens is 230 g/mol. The summed E-state index contributed by atoms with van der Waals surface area (Å²) in [5.41, 5.74) is 7.51. The summed E-state index contributed by atoms with van der Waals surface area (Å²) in [6.45, 7) is 0. The molecule has 1 amide bonds. The van der Waals surface area contributed by atoms with Gasteiger partial charge in [-0.1, -0.05) is 6.07 Å². The Balaban J connectivity index is 2.16. The molecular formula is C12H9N5O. The van der Waals surface area contributed by atoms with Gasteiger partial charge in [-0.3, -0.25) is 4.98 Å². The highest BCUT2D eigenvalue weighted by Crippen LogP contribution is 2.21. The van der Waals surface area contributed by atoms with Crippen LogP contribution in [0.2, 0.25) is 0 Å². The number of hydrogen-bond acceptors (Lipinski definition) is 4. The molecule has 6 nitrogen and oxygen atoms in total. The number of carbonyl (C=O) groups is 1. The number of nitrogens with zero attached hydrogens (tertiary/aromatic N) is 4. The lowest BCUT2D eigenvalue weighted by Crippen LogP contribution is -2.20. The number of pyridine rings is 2. The number of hydrogen-bond donors (Lipinski definition) is 1. The van der Waals surface area contributed by atoms with Crippen LogP contribution in [0.3, 0.4) is 0 Å². The summed E-state index contributed by atoms with van der Waals surface area (Å²) in [4.78, 5) is 19.4. The molecule has 3 aromatic rings. The van der Waals surface area contributed by atoms with E-state index in [2.05, 4.69) is 15.1 Å². The molecule has 0 aromatic carbocycles. The second-order valence-electron chi connectivity index (χ2n) is 3.77. The van der Waals surface area contributed by atoms with Gasteiger partial charge in [0.2, 0.25) is 0 Å². The van der Waals surface area contributed by atoms with Crippen LogP contribution in [0, 0.1) is 0 Å². The van der Waals surface area contributed by atoms with Gasteiger partial charge in [-0.05, 0) is 12.1 Å². The fourth-order valence-corrected chi connectivity index (χ4v) is 1.77. The van der Waals surface area contributed by atoms with Gasteiger partial charge in [-0.15, -0.1) is 0 Å². The molecule has 0 aliphatic heterocycles. The third-order valence-corrected chi connectivity index (χ3v) is 2.61. The Morgan fingerprint density at radius 1 is 1.22 bits per heavy atom. The van der Waals surface area contributed by atoms with Crippen LogP contribution in [0.25, 0.3) is 22.2 Å². The van der Waals surface area contributed by atoms with Crippen LogP contribution in [0.5, 0.6) is 0 Å². The normalized spacial score (nSPS) is 10.7. The molecule has 2 N–H and O–H groups in total. The molecule has 0 unspecified atom stereocenters. The molecule has 0 atom stereocenters. The number of primary amides is 1. The summed E-state index contributed by atoms with van der Waals surface area (Å²) in [5, 5.41) is 4.65. The predicted molar refractivity (Wildman–Crippen MR) is 65.7 cm³/mol. The summed E-state index contributed by atoms with van der Waals surface area (Å²) >= 11 is 0. The van der Waals surface area contributed by atoms with Crippen molar-refractivity contribution in [3.05, 3.63) is 43.0 Å². The minimum atomic E-state index is -0.647. The Morgan fingerprint density at radius 3 is 2.83 bits per heavy atom. The average Bonchev–Trinajstić information content (AvgIpc) is 2.82. The molecule has 0 fully saturated rings. The molecule has 18 heavy (non-hydrogen) atoms. The van der Waals surface area contributed by atoms with Crippen LogP contribution in [-0.2, 0) is 0 Å². The third-order valence-electron chi connectivity index (χ3n) is 2.61. The van der Waals surface area contributed by atoms with Crippen molar-refractivity contribution in [2.75, 3.05) is 0 Å². The Labute approximate surface area is 102 Å². The first-order valence-corrected chi connectivity index (χ1v) is 5.30. The van der Waals surface area contributed by atoms with Crippen LogP contribution in [0.4, 0.5) is 4.79 Å². The number of rotatable bonds is 1. The smallest absolute Gasteiger partial charge is 0.341 e. The lowest BCUT2D eigenvalue weighted by Gasteiger charge is -2.00. The SMILES string of the molecule is NC(=O)n1ncc2cc(-c3cccnc3)cnc21. The van der Waals surface area contributed by atoms with Gasteiger partial charge in [0, 0.05) is 35.1 Å². The summed E-state index contributed by atoms with van der Waals surface area (Å²) in [5.74, 6) is 0. The highest BCUT2D eigenvalue weighted by Gasteiger charge is 2.09. The van der Waals surface area contributed by atoms with Crippen molar-refractivity contribution in [3.63, 3.8) is 0 Å². The largest absolute Gasteiger partial charge is 0.350 e. The van der Waals surface area contributed by atoms with Crippen molar-refractivity contribution in [2.24, 2.45) is 5.73 Å². The first kappa shape index (κ1) is 10.4. The Bertz CT molecular complexity index is 720. The maximum Gasteiger partial charge on any atom is 0.341 e.